The van der Waals surface area contributed by atoms with E-state index in [9.17, 15) is 9.59 Å². The second-order valence-corrected chi connectivity index (χ2v) is 6.91. The van der Waals surface area contributed by atoms with Gasteiger partial charge in [0.25, 0.3) is 0 Å². The smallest absolute Gasteiger partial charge is 0.306 e. The van der Waals surface area contributed by atoms with E-state index in [2.05, 4.69) is 5.32 Å². The van der Waals surface area contributed by atoms with Gasteiger partial charge in [-0.1, -0.05) is 0 Å². The van der Waals surface area contributed by atoms with Crippen molar-refractivity contribution in [2.24, 2.45) is 17.8 Å². The Labute approximate surface area is 118 Å². The molecule has 1 amide bonds. The fourth-order valence-corrected chi connectivity index (χ4v) is 4.15. The molecule has 4 nitrogen and oxygen atoms in total. The van der Waals surface area contributed by atoms with Gasteiger partial charge in [-0.25, -0.2) is 0 Å². The molecule has 0 aromatic heterocycles. The Morgan fingerprint density at radius 2 is 1.58 bits per heavy atom. The van der Waals surface area contributed by atoms with E-state index >= 15 is 0 Å². The van der Waals surface area contributed by atoms with Gasteiger partial charge < -0.3 is 10.4 Å². The van der Waals surface area contributed by atoms with E-state index in [0.717, 1.165) is 19.4 Å². The SMILES string of the molecule is O=C(O)C1CCC(C(=O)NCC2CCSCC2)CC1. The topological polar surface area (TPSA) is 66.4 Å². The molecule has 5 heteroatoms. The number of carboxylic acid groups (broad SMARTS) is 1. The molecule has 1 saturated carbocycles. The lowest BCUT2D eigenvalue weighted by atomic mass is 9.81. The predicted molar refractivity (Wildman–Crippen MR) is 76.1 cm³/mol. The van der Waals surface area contributed by atoms with E-state index in [0.29, 0.717) is 18.8 Å². The number of hydrogen-bond acceptors (Lipinski definition) is 3. The fourth-order valence-electron chi connectivity index (χ4n) is 2.94. The maximum atomic E-state index is 12.1. The van der Waals surface area contributed by atoms with Crippen LogP contribution in [0.15, 0.2) is 0 Å². The van der Waals surface area contributed by atoms with Crippen molar-refractivity contribution >= 4 is 23.6 Å². The van der Waals surface area contributed by atoms with Gasteiger partial charge in [0.1, 0.15) is 0 Å². The van der Waals surface area contributed by atoms with Gasteiger partial charge in [0, 0.05) is 12.5 Å². The summed E-state index contributed by atoms with van der Waals surface area (Å²) in [5.74, 6) is 2.29. The van der Waals surface area contributed by atoms with E-state index in [4.69, 9.17) is 5.11 Å². The molecule has 2 N–H and O–H groups in total. The highest BCUT2D eigenvalue weighted by atomic mass is 32.2. The average molecular weight is 285 g/mol. The summed E-state index contributed by atoms with van der Waals surface area (Å²) in [5, 5.41) is 12.0. The maximum Gasteiger partial charge on any atom is 0.306 e. The zero-order valence-corrected chi connectivity index (χ0v) is 12.1. The first kappa shape index (κ1) is 14.7. The van der Waals surface area contributed by atoms with Crippen LogP contribution in [0.5, 0.6) is 0 Å². The Bertz CT molecular complexity index is 321. The zero-order chi connectivity index (χ0) is 13.7. The molecule has 0 aromatic rings. The van der Waals surface area contributed by atoms with Crippen molar-refractivity contribution < 1.29 is 14.7 Å². The summed E-state index contributed by atoms with van der Waals surface area (Å²) in [4.78, 5) is 22.9. The van der Waals surface area contributed by atoms with Gasteiger partial charge in [0.05, 0.1) is 5.92 Å². The molecule has 2 fully saturated rings. The van der Waals surface area contributed by atoms with Crippen LogP contribution in [0.2, 0.25) is 0 Å². The maximum absolute atomic E-state index is 12.1. The first-order chi connectivity index (χ1) is 9.16. The standard InChI is InChI=1S/C14H23NO3S/c16-13(15-9-10-5-7-19-8-6-10)11-1-3-12(4-2-11)14(17)18/h10-12H,1-9H2,(H,15,16)(H,17,18). The Morgan fingerprint density at radius 1 is 1.00 bits per heavy atom. The molecule has 0 radical (unpaired) electrons. The molecule has 2 aliphatic rings. The normalized spacial score (nSPS) is 28.8. The lowest BCUT2D eigenvalue weighted by Crippen LogP contribution is -2.37. The van der Waals surface area contributed by atoms with Crippen molar-refractivity contribution in [1.82, 2.24) is 5.32 Å². The van der Waals surface area contributed by atoms with Crippen LogP contribution in [-0.4, -0.2) is 35.0 Å². The van der Waals surface area contributed by atoms with Crippen molar-refractivity contribution in [3.05, 3.63) is 0 Å². The van der Waals surface area contributed by atoms with E-state index in [1.807, 2.05) is 11.8 Å². The number of carbonyl (C=O) groups excluding carboxylic acids is 1. The van der Waals surface area contributed by atoms with E-state index in [1.165, 1.54) is 24.3 Å². The second-order valence-electron chi connectivity index (χ2n) is 5.69. The molecule has 0 bridgehead atoms. The van der Waals surface area contributed by atoms with Crippen LogP contribution in [0.3, 0.4) is 0 Å². The fraction of sp³-hybridized carbons (Fsp3) is 0.857. The number of hydrogen-bond donors (Lipinski definition) is 2. The molecule has 0 spiro atoms. The lowest BCUT2D eigenvalue weighted by molar-refractivity contribution is -0.144. The van der Waals surface area contributed by atoms with Gasteiger partial charge in [0.15, 0.2) is 0 Å². The molecule has 1 saturated heterocycles. The largest absolute Gasteiger partial charge is 0.481 e. The third-order valence-electron chi connectivity index (χ3n) is 4.35. The molecule has 1 aliphatic carbocycles. The quantitative estimate of drug-likeness (QED) is 0.830. The average Bonchev–Trinajstić information content (AvgIpc) is 2.46. The van der Waals surface area contributed by atoms with Crippen LogP contribution in [-0.2, 0) is 9.59 Å². The minimum Gasteiger partial charge on any atom is -0.481 e. The van der Waals surface area contributed by atoms with Gasteiger partial charge in [0.2, 0.25) is 5.91 Å². The molecule has 1 aliphatic heterocycles. The van der Waals surface area contributed by atoms with Crippen LogP contribution in [0.4, 0.5) is 0 Å². The van der Waals surface area contributed by atoms with Crippen LogP contribution in [0, 0.1) is 17.8 Å². The molecule has 0 aromatic carbocycles. The van der Waals surface area contributed by atoms with E-state index in [1.54, 1.807) is 0 Å². The molecule has 2 rings (SSSR count). The Morgan fingerprint density at radius 3 is 2.16 bits per heavy atom. The third kappa shape index (κ3) is 4.41. The van der Waals surface area contributed by atoms with E-state index in [-0.39, 0.29) is 17.7 Å². The summed E-state index contributed by atoms with van der Waals surface area (Å²) in [6.45, 7) is 0.804. The van der Waals surface area contributed by atoms with Crippen LogP contribution in [0.1, 0.15) is 38.5 Å². The monoisotopic (exact) mass is 285 g/mol. The van der Waals surface area contributed by atoms with Crippen molar-refractivity contribution in [3.8, 4) is 0 Å². The van der Waals surface area contributed by atoms with Crippen molar-refractivity contribution in [2.75, 3.05) is 18.1 Å². The highest BCUT2D eigenvalue weighted by Crippen LogP contribution is 2.29. The molecular formula is C14H23NO3S. The third-order valence-corrected chi connectivity index (χ3v) is 5.40. The van der Waals surface area contributed by atoms with E-state index < -0.39 is 5.97 Å². The minimum atomic E-state index is -0.710. The number of carboxylic acids is 1. The molecule has 1 heterocycles. The first-order valence-electron chi connectivity index (χ1n) is 7.25. The summed E-state index contributed by atoms with van der Waals surface area (Å²) in [7, 11) is 0. The number of nitrogens with one attached hydrogen (secondary N) is 1. The number of amides is 1. The second kappa shape index (κ2) is 7.17. The summed E-state index contributed by atoms with van der Waals surface area (Å²) < 4.78 is 0. The number of thioether (sulfide) groups is 1. The molecule has 0 unspecified atom stereocenters. The Kier molecular flexibility index (Phi) is 5.55. The predicted octanol–water partition coefficient (Wildman–Crippen LogP) is 2.14. The van der Waals surface area contributed by atoms with Crippen molar-refractivity contribution in [3.63, 3.8) is 0 Å². The minimum absolute atomic E-state index is 0.0357. The lowest BCUT2D eigenvalue weighted by Gasteiger charge is -2.27. The van der Waals surface area contributed by atoms with Gasteiger partial charge in [-0.15, -0.1) is 0 Å². The number of aliphatic carboxylic acids is 1. The van der Waals surface area contributed by atoms with Gasteiger partial charge in [-0.05, 0) is 55.9 Å². The van der Waals surface area contributed by atoms with Crippen LogP contribution < -0.4 is 5.32 Å². The van der Waals surface area contributed by atoms with Crippen LogP contribution in [0.25, 0.3) is 0 Å². The number of carbonyl (C=O) groups is 2. The van der Waals surface area contributed by atoms with Gasteiger partial charge in [-0.3, -0.25) is 9.59 Å². The summed E-state index contributed by atoms with van der Waals surface area (Å²) in [6.07, 6.45) is 5.15. The molecule has 19 heavy (non-hydrogen) atoms. The van der Waals surface area contributed by atoms with Gasteiger partial charge in [-0.2, -0.15) is 11.8 Å². The summed E-state index contributed by atoms with van der Waals surface area (Å²) in [5.41, 5.74) is 0. The Balaban J connectivity index is 1.67. The van der Waals surface area contributed by atoms with Crippen molar-refractivity contribution in [1.29, 1.82) is 0 Å². The zero-order valence-electron chi connectivity index (χ0n) is 11.3. The Hall–Kier alpha value is -0.710. The molecule has 108 valence electrons. The summed E-state index contributed by atoms with van der Waals surface area (Å²) >= 11 is 2.00. The highest BCUT2D eigenvalue weighted by molar-refractivity contribution is 7.99. The van der Waals surface area contributed by atoms with Crippen molar-refractivity contribution in [2.45, 2.75) is 38.5 Å². The first-order valence-corrected chi connectivity index (χ1v) is 8.40. The van der Waals surface area contributed by atoms with Crippen LogP contribution >= 0.6 is 11.8 Å². The number of rotatable bonds is 4. The molecule has 0 atom stereocenters. The molecular weight excluding hydrogens is 262 g/mol. The highest BCUT2D eigenvalue weighted by Gasteiger charge is 2.29. The summed E-state index contributed by atoms with van der Waals surface area (Å²) in [6, 6.07) is 0. The van der Waals surface area contributed by atoms with Gasteiger partial charge >= 0.3 is 5.97 Å².